The fourth-order valence-electron chi connectivity index (χ4n) is 2.64. The molecule has 0 bridgehead atoms. The van der Waals surface area contributed by atoms with E-state index in [4.69, 9.17) is 9.47 Å². The highest BCUT2D eigenvalue weighted by molar-refractivity contribution is 7.89. The van der Waals surface area contributed by atoms with Gasteiger partial charge in [0, 0.05) is 13.1 Å². The number of rotatable bonds is 11. The first-order chi connectivity index (χ1) is 14.4. The molecule has 9 heteroatoms. The Morgan fingerprint density at radius 2 is 1.70 bits per heavy atom. The van der Waals surface area contributed by atoms with Crippen molar-refractivity contribution in [3.63, 3.8) is 0 Å². The van der Waals surface area contributed by atoms with Gasteiger partial charge >= 0.3 is 5.97 Å². The molecule has 0 aliphatic rings. The number of benzene rings is 2. The van der Waals surface area contributed by atoms with Gasteiger partial charge in [-0.25, -0.2) is 13.2 Å². The maximum Gasteiger partial charge on any atom is 0.338 e. The molecule has 0 atom stereocenters. The summed E-state index contributed by atoms with van der Waals surface area (Å²) in [5, 5.41) is 2.58. The normalized spacial score (nSPS) is 11.2. The monoisotopic (exact) mass is 434 g/mol. The Bertz CT molecular complexity index is 943. The maximum atomic E-state index is 12.6. The summed E-state index contributed by atoms with van der Waals surface area (Å²) in [4.78, 5) is 24.1. The largest absolute Gasteiger partial charge is 0.492 e. The number of carbonyl (C=O) groups excluding carboxylic acids is 2. The zero-order valence-electron chi connectivity index (χ0n) is 17.0. The molecule has 2 aromatic carbocycles. The van der Waals surface area contributed by atoms with Crippen molar-refractivity contribution >= 4 is 21.9 Å². The number of hydrogen-bond donors (Lipinski definition) is 1. The van der Waals surface area contributed by atoms with Crippen LogP contribution in [0.5, 0.6) is 5.75 Å². The third-order valence-electron chi connectivity index (χ3n) is 4.18. The van der Waals surface area contributed by atoms with Gasteiger partial charge in [-0.3, -0.25) is 4.79 Å². The zero-order valence-corrected chi connectivity index (χ0v) is 17.9. The molecule has 1 amide bonds. The van der Waals surface area contributed by atoms with Crippen molar-refractivity contribution in [1.29, 1.82) is 0 Å². The van der Waals surface area contributed by atoms with Crippen LogP contribution in [0.2, 0.25) is 0 Å². The Morgan fingerprint density at radius 1 is 1.00 bits per heavy atom. The first kappa shape index (κ1) is 23.4. The molecular weight excluding hydrogens is 408 g/mol. The highest BCUT2D eigenvalue weighted by atomic mass is 32.2. The van der Waals surface area contributed by atoms with Gasteiger partial charge in [-0.05, 0) is 30.3 Å². The second-order valence-corrected chi connectivity index (χ2v) is 8.14. The molecule has 162 valence electrons. The number of esters is 1. The van der Waals surface area contributed by atoms with Crippen LogP contribution in [0.3, 0.4) is 0 Å². The minimum atomic E-state index is -3.69. The van der Waals surface area contributed by atoms with Gasteiger partial charge < -0.3 is 14.8 Å². The second-order valence-electron chi connectivity index (χ2n) is 6.20. The highest BCUT2D eigenvalue weighted by Crippen LogP contribution is 2.17. The lowest BCUT2D eigenvalue weighted by molar-refractivity contribution is -0.124. The van der Waals surface area contributed by atoms with Crippen LogP contribution in [0.25, 0.3) is 0 Å². The number of amides is 1. The molecule has 0 saturated heterocycles. The first-order valence-corrected chi connectivity index (χ1v) is 11.0. The van der Waals surface area contributed by atoms with E-state index in [1.807, 2.05) is 18.2 Å². The third-order valence-corrected chi connectivity index (χ3v) is 6.23. The van der Waals surface area contributed by atoms with E-state index >= 15 is 0 Å². The minimum absolute atomic E-state index is 0.00293. The molecule has 0 fully saturated rings. The molecule has 2 aromatic rings. The number of sulfonamides is 1. The summed E-state index contributed by atoms with van der Waals surface area (Å²) >= 11 is 0. The predicted molar refractivity (Wildman–Crippen MR) is 112 cm³/mol. The Balaban J connectivity index is 1.84. The average molecular weight is 435 g/mol. The van der Waals surface area contributed by atoms with Crippen molar-refractivity contribution in [2.24, 2.45) is 0 Å². The fraction of sp³-hybridized carbons (Fsp3) is 0.333. The molecule has 8 nitrogen and oxygen atoms in total. The van der Waals surface area contributed by atoms with E-state index in [0.29, 0.717) is 18.8 Å². The average Bonchev–Trinajstić information content (AvgIpc) is 2.76. The van der Waals surface area contributed by atoms with Gasteiger partial charge in [-0.1, -0.05) is 38.1 Å². The van der Waals surface area contributed by atoms with E-state index in [1.165, 1.54) is 28.6 Å². The van der Waals surface area contributed by atoms with Crippen LogP contribution >= 0.6 is 0 Å². The number of nitrogens with one attached hydrogen (secondary N) is 1. The molecule has 1 N–H and O–H groups in total. The van der Waals surface area contributed by atoms with Crippen LogP contribution < -0.4 is 10.1 Å². The smallest absolute Gasteiger partial charge is 0.338 e. The van der Waals surface area contributed by atoms with Crippen LogP contribution in [-0.4, -0.2) is 57.4 Å². The van der Waals surface area contributed by atoms with Crippen molar-refractivity contribution < 1.29 is 27.5 Å². The topological polar surface area (TPSA) is 102 Å². The molecule has 30 heavy (non-hydrogen) atoms. The van der Waals surface area contributed by atoms with E-state index in [0.717, 1.165) is 0 Å². The molecule has 0 saturated carbocycles. The SMILES string of the molecule is CCN(CC)S(=O)(=O)c1cccc(C(=O)OCC(=O)NCCOc2ccccc2)c1. The number of para-hydroxylation sites is 1. The maximum absolute atomic E-state index is 12.6. The van der Waals surface area contributed by atoms with Gasteiger partial charge in [0.25, 0.3) is 5.91 Å². The van der Waals surface area contributed by atoms with Crippen molar-refractivity contribution in [1.82, 2.24) is 9.62 Å². The van der Waals surface area contributed by atoms with Crippen LogP contribution in [0.1, 0.15) is 24.2 Å². The predicted octanol–water partition coefficient (Wildman–Crippen LogP) is 2.07. The summed E-state index contributed by atoms with van der Waals surface area (Å²) in [7, 11) is -3.69. The van der Waals surface area contributed by atoms with Crippen molar-refractivity contribution in [3.8, 4) is 5.75 Å². The van der Waals surface area contributed by atoms with E-state index in [1.54, 1.807) is 26.0 Å². The van der Waals surface area contributed by atoms with E-state index in [2.05, 4.69) is 5.32 Å². The van der Waals surface area contributed by atoms with E-state index < -0.39 is 28.5 Å². The lowest BCUT2D eigenvalue weighted by Gasteiger charge is -2.18. The highest BCUT2D eigenvalue weighted by Gasteiger charge is 2.23. The zero-order chi connectivity index (χ0) is 22.0. The number of ether oxygens (including phenoxy) is 2. The lowest BCUT2D eigenvalue weighted by Crippen LogP contribution is -2.32. The van der Waals surface area contributed by atoms with Crippen LogP contribution in [0.4, 0.5) is 0 Å². The molecule has 0 unspecified atom stereocenters. The number of hydrogen-bond acceptors (Lipinski definition) is 6. The van der Waals surface area contributed by atoms with Crippen molar-refractivity contribution in [2.75, 3.05) is 32.8 Å². The van der Waals surface area contributed by atoms with Gasteiger partial charge in [0.2, 0.25) is 10.0 Å². The summed E-state index contributed by atoms with van der Waals surface area (Å²) in [6.07, 6.45) is 0. The number of nitrogens with zero attached hydrogens (tertiary/aromatic N) is 1. The minimum Gasteiger partial charge on any atom is -0.492 e. The molecular formula is C21H26N2O6S. The molecule has 0 radical (unpaired) electrons. The number of carbonyl (C=O) groups is 2. The standard InChI is InChI=1S/C21H26N2O6S/c1-3-23(4-2)30(26,27)19-12-8-9-17(15-19)21(25)29-16-20(24)22-13-14-28-18-10-6-5-7-11-18/h5-12,15H,3-4,13-14,16H2,1-2H3,(H,22,24). The molecule has 0 aliphatic carbocycles. The summed E-state index contributed by atoms with van der Waals surface area (Å²) in [6, 6.07) is 14.7. The van der Waals surface area contributed by atoms with Gasteiger partial charge in [0.05, 0.1) is 17.0 Å². The van der Waals surface area contributed by atoms with Gasteiger partial charge in [0.15, 0.2) is 6.61 Å². The third kappa shape index (κ3) is 6.57. The van der Waals surface area contributed by atoms with Crippen LogP contribution in [0, 0.1) is 0 Å². The van der Waals surface area contributed by atoms with Crippen LogP contribution in [0.15, 0.2) is 59.5 Å². The summed E-state index contributed by atoms with van der Waals surface area (Å²) in [5.41, 5.74) is 0.0587. The van der Waals surface area contributed by atoms with Crippen molar-refractivity contribution in [2.45, 2.75) is 18.7 Å². The summed E-state index contributed by atoms with van der Waals surface area (Å²) in [5.74, 6) is -0.563. The quantitative estimate of drug-likeness (QED) is 0.429. The fourth-order valence-corrected chi connectivity index (χ4v) is 4.14. The first-order valence-electron chi connectivity index (χ1n) is 9.60. The van der Waals surface area contributed by atoms with Crippen LogP contribution in [-0.2, 0) is 19.6 Å². The van der Waals surface area contributed by atoms with E-state index in [9.17, 15) is 18.0 Å². The molecule has 0 spiro atoms. The second kappa shape index (κ2) is 11.3. The Labute approximate surface area is 176 Å². The van der Waals surface area contributed by atoms with E-state index in [-0.39, 0.29) is 23.6 Å². The molecule has 0 aliphatic heterocycles. The van der Waals surface area contributed by atoms with Gasteiger partial charge in [0.1, 0.15) is 12.4 Å². The molecule has 2 rings (SSSR count). The summed E-state index contributed by atoms with van der Waals surface area (Å²) in [6.45, 7) is 4.17. The Hall–Kier alpha value is -2.91. The Morgan fingerprint density at radius 3 is 2.37 bits per heavy atom. The summed E-state index contributed by atoms with van der Waals surface area (Å²) < 4.78 is 36.9. The van der Waals surface area contributed by atoms with Crippen molar-refractivity contribution in [3.05, 3.63) is 60.2 Å². The molecule has 0 heterocycles. The van der Waals surface area contributed by atoms with Gasteiger partial charge in [-0.15, -0.1) is 0 Å². The molecule has 0 aromatic heterocycles. The van der Waals surface area contributed by atoms with Gasteiger partial charge in [-0.2, -0.15) is 4.31 Å². The lowest BCUT2D eigenvalue weighted by atomic mass is 10.2. The Kier molecular flexibility index (Phi) is 8.82.